The highest BCUT2D eigenvalue weighted by Crippen LogP contribution is 2.48. The molecule has 0 unspecified atom stereocenters. The largest absolute Gasteiger partial charge is 0.493 e. The lowest BCUT2D eigenvalue weighted by Gasteiger charge is -2.31. The average molecular weight is 480 g/mol. The molecule has 0 saturated carbocycles. The van der Waals surface area contributed by atoms with Gasteiger partial charge in [0.15, 0.2) is 11.5 Å². The molecule has 1 amide bonds. The summed E-state index contributed by atoms with van der Waals surface area (Å²) in [5.41, 5.74) is 7.59. The summed E-state index contributed by atoms with van der Waals surface area (Å²) < 4.78 is 16.5. The van der Waals surface area contributed by atoms with E-state index < -0.39 is 17.8 Å². The molecule has 1 aliphatic rings. The van der Waals surface area contributed by atoms with Crippen molar-refractivity contribution in [3.05, 3.63) is 75.8 Å². The van der Waals surface area contributed by atoms with E-state index in [2.05, 4.69) is 11.4 Å². The quantitative estimate of drug-likeness (QED) is 0.525. The number of rotatable bonds is 9. The first-order valence-electron chi connectivity index (χ1n) is 10.5. The van der Waals surface area contributed by atoms with Crippen LogP contribution in [-0.2, 0) is 14.3 Å². The number of nitriles is 1. The first-order valence-corrected chi connectivity index (χ1v) is 11.4. The summed E-state index contributed by atoms with van der Waals surface area (Å²) in [4.78, 5) is 24.9. The molecular weight excluding hydrogens is 454 g/mol. The lowest BCUT2D eigenvalue weighted by molar-refractivity contribution is -0.138. The summed E-state index contributed by atoms with van der Waals surface area (Å²) in [5, 5.41) is 13.8. The number of carbonyl (C=O) groups excluding carboxylic acids is 2. The van der Waals surface area contributed by atoms with Gasteiger partial charge in [-0.25, -0.2) is 4.79 Å². The Morgan fingerprint density at radius 2 is 1.85 bits per heavy atom. The van der Waals surface area contributed by atoms with Gasteiger partial charge in [-0.3, -0.25) is 4.79 Å². The molecule has 0 saturated heterocycles. The van der Waals surface area contributed by atoms with Crippen LogP contribution in [0.1, 0.15) is 24.0 Å². The smallest absolute Gasteiger partial charge is 0.337 e. The van der Waals surface area contributed by atoms with Crippen molar-refractivity contribution in [3.63, 3.8) is 0 Å². The van der Waals surface area contributed by atoms with Crippen molar-refractivity contribution in [2.24, 2.45) is 5.73 Å². The van der Waals surface area contributed by atoms with E-state index in [0.29, 0.717) is 33.4 Å². The molecule has 0 aliphatic carbocycles. The summed E-state index contributed by atoms with van der Waals surface area (Å²) in [7, 11) is 3.00. The minimum absolute atomic E-state index is 0.0493. The van der Waals surface area contributed by atoms with Gasteiger partial charge in [-0.05, 0) is 18.6 Å². The van der Waals surface area contributed by atoms with Crippen LogP contribution in [0.2, 0.25) is 0 Å². The molecular formula is C25H25N3O5S. The van der Waals surface area contributed by atoms with Crippen LogP contribution in [0.4, 0.5) is 0 Å². The van der Waals surface area contributed by atoms with Crippen LogP contribution in [0.15, 0.2) is 64.7 Å². The standard InChI is InChI=1S/C25H25N3O5S/c1-4-33-25(30)21-20(16-11-8-12-18(31-2)23(16)32-3)17(13-26)24(34-14-19(27)29)28-22(21)15-9-6-5-7-10-15/h5-12,20,28H,4,14H2,1-3H3,(H2,27,29)/t20-/m0/s1. The number of esters is 1. The van der Waals surface area contributed by atoms with Crippen LogP contribution in [0, 0.1) is 11.3 Å². The fourth-order valence-corrected chi connectivity index (χ4v) is 4.53. The van der Waals surface area contributed by atoms with Crippen LogP contribution in [0.3, 0.4) is 0 Å². The van der Waals surface area contributed by atoms with Crippen molar-refractivity contribution in [1.29, 1.82) is 5.26 Å². The number of para-hydroxylation sites is 1. The monoisotopic (exact) mass is 479 g/mol. The Morgan fingerprint density at radius 3 is 2.44 bits per heavy atom. The van der Waals surface area contributed by atoms with E-state index in [9.17, 15) is 14.9 Å². The third-order valence-corrected chi connectivity index (χ3v) is 6.15. The second-order valence-corrected chi connectivity index (χ2v) is 8.11. The van der Waals surface area contributed by atoms with Gasteiger partial charge < -0.3 is 25.3 Å². The summed E-state index contributed by atoms with van der Waals surface area (Å²) in [6.07, 6.45) is 0. The molecule has 0 spiro atoms. The molecule has 34 heavy (non-hydrogen) atoms. The predicted octanol–water partition coefficient (Wildman–Crippen LogP) is 3.32. The van der Waals surface area contributed by atoms with Crippen LogP contribution >= 0.6 is 11.8 Å². The van der Waals surface area contributed by atoms with E-state index in [4.69, 9.17) is 19.9 Å². The number of hydrogen-bond acceptors (Lipinski definition) is 8. The maximum Gasteiger partial charge on any atom is 0.337 e. The van der Waals surface area contributed by atoms with E-state index in [1.807, 2.05) is 30.3 Å². The Hall–Kier alpha value is -3.90. The Morgan fingerprint density at radius 1 is 1.12 bits per heavy atom. The normalized spacial score (nSPS) is 15.3. The van der Waals surface area contributed by atoms with E-state index in [-0.39, 0.29) is 23.5 Å². The number of methoxy groups -OCH3 is 2. The van der Waals surface area contributed by atoms with Gasteiger partial charge in [0.25, 0.3) is 0 Å². The summed E-state index contributed by atoms with van der Waals surface area (Å²) in [6.45, 7) is 1.87. The van der Waals surface area contributed by atoms with Gasteiger partial charge >= 0.3 is 5.97 Å². The number of carbonyl (C=O) groups is 2. The molecule has 3 N–H and O–H groups in total. The number of ether oxygens (including phenoxy) is 3. The van der Waals surface area contributed by atoms with Crippen LogP contribution < -0.4 is 20.5 Å². The number of primary amides is 1. The summed E-state index contributed by atoms with van der Waals surface area (Å²) in [6, 6.07) is 16.7. The summed E-state index contributed by atoms with van der Waals surface area (Å²) >= 11 is 1.10. The molecule has 0 fully saturated rings. The van der Waals surface area contributed by atoms with Crippen LogP contribution in [0.25, 0.3) is 5.70 Å². The van der Waals surface area contributed by atoms with E-state index in [1.54, 1.807) is 25.1 Å². The number of nitrogens with zero attached hydrogens (tertiary/aromatic N) is 1. The van der Waals surface area contributed by atoms with Gasteiger partial charge in [-0.1, -0.05) is 54.2 Å². The molecule has 8 nitrogen and oxygen atoms in total. The molecule has 2 aromatic rings. The number of hydrogen-bond donors (Lipinski definition) is 2. The third-order valence-electron chi connectivity index (χ3n) is 5.11. The molecule has 0 radical (unpaired) electrons. The van der Waals surface area contributed by atoms with E-state index in [0.717, 1.165) is 11.8 Å². The Bertz CT molecular complexity index is 1180. The minimum Gasteiger partial charge on any atom is -0.493 e. The number of nitrogens with two attached hydrogens (primary N) is 1. The van der Waals surface area contributed by atoms with Crippen molar-refractivity contribution in [2.75, 3.05) is 26.6 Å². The number of thioether (sulfide) groups is 1. The van der Waals surface area contributed by atoms with Crippen molar-refractivity contribution < 1.29 is 23.8 Å². The number of allylic oxidation sites excluding steroid dienone is 1. The third kappa shape index (κ3) is 5.02. The highest BCUT2D eigenvalue weighted by molar-refractivity contribution is 8.03. The molecule has 1 heterocycles. The molecule has 0 bridgehead atoms. The predicted molar refractivity (Wildman–Crippen MR) is 130 cm³/mol. The maximum absolute atomic E-state index is 13.3. The highest BCUT2D eigenvalue weighted by Gasteiger charge is 2.39. The molecule has 1 atom stereocenters. The van der Waals surface area contributed by atoms with E-state index in [1.165, 1.54) is 14.2 Å². The molecule has 176 valence electrons. The average Bonchev–Trinajstić information content (AvgIpc) is 2.86. The highest BCUT2D eigenvalue weighted by atomic mass is 32.2. The minimum atomic E-state index is -0.846. The zero-order valence-corrected chi connectivity index (χ0v) is 19.9. The Labute approximate surface area is 202 Å². The lowest BCUT2D eigenvalue weighted by Crippen LogP contribution is -2.30. The maximum atomic E-state index is 13.3. The zero-order chi connectivity index (χ0) is 24.7. The SMILES string of the molecule is CCOC(=O)C1=C(c2ccccc2)NC(SCC(N)=O)=C(C#N)[C@@H]1c1cccc(OC)c1OC. The number of dihydropyridines is 1. The Balaban J connectivity index is 2.37. The van der Waals surface area contributed by atoms with Crippen molar-refractivity contribution >= 4 is 29.3 Å². The summed E-state index contributed by atoms with van der Waals surface area (Å²) in [5.74, 6) is -1.17. The molecule has 2 aromatic carbocycles. The fraction of sp³-hybridized carbons (Fsp3) is 0.240. The number of nitrogens with one attached hydrogen (secondary N) is 1. The van der Waals surface area contributed by atoms with Gasteiger partial charge in [-0.2, -0.15) is 5.26 Å². The van der Waals surface area contributed by atoms with Gasteiger partial charge in [-0.15, -0.1) is 0 Å². The number of amides is 1. The van der Waals surface area contributed by atoms with Gasteiger partial charge in [0.2, 0.25) is 5.91 Å². The van der Waals surface area contributed by atoms with Crippen molar-refractivity contribution in [3.8, 4) is 17.6 Å². The molecule has 3 rings (SSSR count). The fourth-order valence-electron chi connectivity index (χ4n) is 3.75. The molecule has 1 aliphatic heterocycles. The van der Waals surface area contributed by atoms with E-state index >= 15 is 0 Å². The second kappa shape index (κ2) is 11.3. The van der Waals surface area contributed by atoms with Crippen molar-refractivity contribution in [1.82, 2.24) is 5.32 Å². The van der Waals surface area contributed by atoms with Gasteiger partial charge in [0.1, 0.15) is 0 Å². The second-order valence-electron chi connectivity index (χ2n) is 7.13. The van der Waals surface area contributed by atoms with Crippen LogP contribution in [-0.4, -0.2) is 38.5 Å². The first kappa shape index (κ1) is 24.7. The van der Waals surface area contributed by atoms with Gasteiger partial charge in [0.05, 0.1) is 60.4 Å². The zero-order valence-electron chi connectivity index (χ0n) is 19.1. The Kier molecular flexibility index (Phi) is 8.22. The molecule has 0 aromatic heterocycles. The first-order chi connectivity index (χ1) is 16.5. The van der Waals surface area contributed by atoms with Gasteiger partial charge in [0, 0.05) is 5.56 Å². The molecule has 9 heteroatoms. The lowest BCUT2D eigenvalue weighted by atomic mass is 9.80. The number of benzene rings is 2. The van der Waals surface area contributed by atoms with Crippen molar-refractivity contribution in [2.45, 2.75) is 12.8 Å². The topological polar surface area (TPSA) is 124 Å². The van der Waals surface area contributed by atoms with Crippen LogP contribution in [0.5, 0.6) is 11.5 Å².